The number of pyridine rings is 3. The number of thioether (sulfide) groups is 1. The van der Waals surface area contributed by atoms with Crippen molar-refractivity contribution in [3.63, 3.8) is 0 Å². The summed E-state index contributed by atoms with van der Waals surface area (Å²) in [6, 6.07) is 24.1. The number of nitro groups is 1. The monoisotopic (exact) mass is 838 g/mol. The fraction of sp³-hybridized carbons (Fsp3) is 0.231. The quantitative estimate of drug-likeness (QED) is 0.0631. The first-order chi connectivity index (χ1) is 27.9. The number of hydrogen-bond donors (Lipinski definition) is 3. The van der Waals surface area contributed by atoms with Crippen LogP contribution >= 0.6 is 23.1 Å². The van der Waals surface area contributed by atoms with Crippen molar-refractivity contribution in [2.24, 2.45) is 0 Å². The molecule has 0 saturated heterocycles. The lowest BCUT2D eigenvalue weighted by Gasteiger charge is -2.31. The van der Waals surface area contributed by atoms with Gasteiger partial charge in [-0.15, -0.1) is 11.8 Å². The van der Waals surface area contributed by atoms with E-state index in [1.807, 2.05) is 77.1 Å². The molecule has 0 bridgehead atoms. The molecule has 7 rings (SSSR count). The van der Waals surface area contributed by atoms with Gasteiger partial charge in [-0.25, -0.2) is 33.1 Å². The maximum Gasteiger partial charge on any atom is 0.312 e. The van der Waals surface area contributed by atoms with Crippen molar-refractivity contribution in [3.05, 3.63) is 130 Å². The van der Waals surface area contributed by atoms with E-state index < -0.39 is 31.4 Å². The average Bonchev–Trinajstić information content (AvgIpc) is 3.64. The Bertz CT molecular complexity index is 2560. The molecule has 0 radical (unpaired) electrons. The van der Waals surface area contributed by atoms with Crippen LogP contribution in [0.1, 0.15) is 38.4 Å². The summed E-state index contributed by atoms with van der Waals surface area (Å²) in [5.74, 6) is -0.474. The van der Waals surface area contributed by atoms with Gasteiger partial charge < -0.3 is 15.1 Å². The van der Waals surface area contributed by atoms with Crippen molar-refractivity contribution in [3.8, 4) is 0 Å². The number of anilines is 3. The van der Waals surface area contributed by atoms with Gasteiger partial charge in [-0.05, 0) is 87.1 Å². The summed E-state index contributed by atoms with van der Waals surface area (Å²) in [4.78, 5) is 60.8. The highest BCUT2D eigenvalue weighted by molar-refractivity contribution is 7.99. The molecule has 3 N–H and O–H groups in total. The molecule has 19 heteroatoms. The van der Waals surface area contributed by atoms with Gasteiger partial charge in [0.1, 0.15) is 26.8 Å². The lowest BCUT2D eigenvalue weighted by atomic mass is 9.94. The Balaban J connectivity index is 1.04. The zero-order valence-corrected chi connectivity index (χ0v) is 33.8. The van der Waals surface area contributed by atoms with E-state index in [1.165, 1.54) is 17.4 Å². The average molecular weight is 839 g/mol. The van der Waals surface area contributed by atoms with Gasteiger partial charge in [0.15, 0.2) is 5.13 Å². The van der Waals surface area contributed by atoms with E-state index in [0.29, 0.717) is 65.1 Å². The van der Waals surface area contributed by atoms with Crippen molar-refractivity contribution in [2.45, 2.75) is 35.2 Å². The lowest BCUT2D eigenvalue weighted by Crippen LogP contribution is -2.34. The number of benzene rings is 2. The predicted octanol–water partition coefficient (Wildman–Crippen LogP) is 5.85. The van der Waals surface area contributed by atoms with Gasteiger partial charge in [0.25, 0.3) is 21.8 Å². The van der Waals surface area contributed by atoms with Crippen molar-refractivity contribution >= 4 is 77.7 Å². The third kappa shape index (κ3) is 9.56. The molecule has 6 aromatic rings. The molecule has 2 aromatic carbocycles. The first-order valence-corrected chi connectivity index (χ1v) is 21.4. The minimum Gasteiger partial charge on any atom is -0.361 e. The number of sulfonamides is 1. The number of fused-ring (bicyclic) bond motifs is 2. The predicted molar refractivity (Wildman–Crippen MR) is 224 cm³/mol. The summed E-state index contributed by atoms with van der Waals surface area (Å²) in [5.41, 5.74) is 2.19. The molecule has 2 amide bonds. The molecule has 1 aliphatic rings. The number of carbonyl (C=O) groups is 2. The number of thiazole rings is 1. The highest BCUT2D eigenvalue weighted by atomic mass is 32.2. The van der Waals surface area contributed by atoms with Gasteiger partial charge in [0, 0.05) is 47.6 Å². The number of nitrogens with zero attached hydrogens (tertiary/aromatic N) is 7. The van der Waals surface area contributed by atoms with Crippen LogP contribution in [0.25, 0.3) is 10.3 Å². The van der Waals surface area contributed by atoms with E-state index >= 15 is 0 Å². The Hall–Kier alpha value is -6.02. The molecule has 4 aromatic heterocycles. The molecule has 0 unspecified atom stereocenters. The van der Waals surface area contributed by atoms with Crippen molar-refractivity contribution in [1.29, 1.82) is 0 Å². The maximum absolute atomic E-state index is 13.5. The van der Waals surface area contributed by atoms with E-state index in [2.05, 4.69) is 30.6 Å². The highest BCUT2D eigenvalue weighted by Gasteiger charge is 2.28. The number of aromatic nitrogens is 4. The Labute approximate surface area is 342 Å². The minimum absolute atomic E-state index is 0.0835. The first kappa shape index (κ1) is 40.2. The molecule has 1 atom stereocenters. The van der Waals surface area contributed by atoms with E-state index in [9.17, 15) is 28.1 Å². The molecule has 0 fully saturated rings. The lowest BCUT2D eigenvalue weighted by molar-refractivity contribution is -0.384. The second-order valence-corrected chi connectivity index (χ2v) is 17.3. The summed E-state index contributed by atoms with van der Waals surface area (Å²) in [5, 5.41) is 18.7. The van der Waals surface area contributed by atoms with Crippen molar-refractivity contribution in [1.82, 2.24) is 29.6 Å². The van der Waals surface area contributed by atoms with Gasteiger partial charge in [-0.3, -0.25) is 25.0 Å². The van der Waals surface area contributed by atoms with Gasteiger partial charge >= 0.3 is 5.69 Å². The normalized spacial score (nSPS) is 13.2. The Kier molecular flexibility index (Phi) is 12.2. The SMILES string of the molecule is CN(C)CC[C@H](CSc1ccccc1)Nc1ncc(S(=O)(=O)NC(=O)c2cccc(N3CCc4cccc(C(=O)Nc5nc6cccnc6s5)c4C3)n2)cc1[N+](=O)[O-]. The minimum atomic E-state index is -4.62. The highest BCUT2D eigenvalue weighted by Crippen LogP contribution is 2.30. The molecule has 0 aliphatic carbocycles. The van der Waals surface area contributed by atoms with Gasteiger partial charge in [-0.2, -0.15) is 0 Å². The molecule has 1 aliphatic heterocycles. The Morgan fingerprint density at radius 1 is 1.00 bits per heavy atom. The van der Waals surface area contributed by atoms with Crippen LogP contribution in [0.5, 0.6) is 0 Å². The number of rotatable bonds is 15. The van der Waals surface area contributed by atoms with Crippen molar-refractivity contribution in [2.75, 3.05) is 48.5 Å². The van der Waals surface area contributed by atoms with Crippen LogP contribution in [0.2, 0.25) is 0 Å². The number of amides is 2. The van der Waals surface area contributed by atoms with Crippen LogP contribution in [0.3, 0.4) is 0 Å². The van der Waals surface area contributed by atoms with E-state index in [-0.39, 0.29) is 23.5 Å². The smallest absolute Gasteiger partial charge is 0.312 e. The molecule has 298 valence electrons. The standard InChI is InChI=1S/C39H38N10O6S3/c1-47(2)19-17-26(24-56-27-10-4-3-5-11-27)42-35-33(49(52)53)21-28(22-41-35)58(54,55)46-37(51)31-13-7-15-34(43-31)48-20-16-25-9-6-12-29(30(25)23-48)36(50)45-39-44-32-14-8-18-40-38(32)57-39/h3-15,18,21-22,26H,16-17,19-20,23-24H2,1-2H3,(H,41,42)(H,46,51)(H,44,45,50)/t26-/m1/s1. The van der Waals surface area contributed by atoms with Gasteiger partial charge in [-0.1, -0.05) is 47.7 Å². The number of nitrogens with one attached hydrogen (secondary N) is 3. The topological polar surface area (TPSA) is 206 Å². The second-order valence-electron chi connectivity index (χ2n) is 13.6. The zero-order valence-electron chi connectivity index (χ0n) is 31.4. The van der Waals surface area contributed by atoms with Crippen molar-refractivity contribution < 1.29 is 22.9 Å². The van der Waals surface area contributed by atoms with E-state index in [0.717, 1.165) is 28.3 Å². The van der Waals surface area contributed by atoms with E-state index in [1.54, 1.807) is 42.2 Å². The van der Waals surface area contributed by atoms with Crippen LogP contribution in [-0.2, 0) is 23.0 Å². The summed E-state index contributed by atoms with van der Waals surface area (Å²) < 4.78 is 28.9. The largest absolute Gasteiger partial charge is 0.361 e. The van der Waals surface area contributed by atoms with E-state index in [4.69, 9.17) is 0 Å². The molecule has 0 saturated carbocycles. The summed E-state index contributed by atoms with van der Waals surface area (Å²) >= 11 is 2.86. The van der Waals surface area contributed by atoms with Crippen LogP contribution in [0.15, 0.2) is 107 Å². The maximum atomic E-state index is 13.5. The van der Waals surface area contributed by atoms with Crippen LogP contribution in [-0.4, -0.2) is 89.0 Å². The fourth-order valence-corrected chi connectivity index (χ4v) is 9.01. The third-order valence-electron chi connectivity index (χ3n) is 9.23. The summed E-state index contributed by atoms with van der Waals surface area (Å²) in [6.07, 6.45) is 3.87. The number of carbonyl (C=O) groups excluding carboxylic acids is 2. The second kappa shape index (κ2) is 17.6. The zero-order chi connectivity index (χ0) is 40.8. The Morgan fingerprint density at radius 2 is 1.81 bits per heavy atom. The molecular formula is C39H38N10O6S3. The molecule has 16 nitrogen and oxygen atoms in total. The van der Waals surface area contributed by atoms with Crippen LogP contribution in [0, 0.1) is 10.1 Å². The number of hydrogen-bond acceptors (Lipinski definition) is 15. The van der Waals surface area contributed by atoms with Crippen LogP contribution in [0.4, 0.5) is 22.5 Å². The molecule has 58 heavy (non-hydrogen) atoms. The molecule has 0 spiro atoms. The Morgan fingerprint density at radius 3 is 2.59 bits per heavy atom. The summed E-state index contributed by atoms with van der Waals surface area (Å²) in [7, 11) is -0.759. The van der Waals surface area contributed by atoms with Gasteiger partial charge in [0.05, 0.1) is 11.1 Å². The third-order valence-corrected chi connectivity index (χ3v) is 12.6. The fourth-order valence-electron chi connectivity index (χ4n) is 6.29. The molecular weight excluding hydrogens is 801 g/mol. The molecule has 5 heterocycles. The van der Waals surface area contributed by atoms with Gasteiger partial charge in [0.2, 0.25) is 5.82 Å². The first-order valence-electron chi connectivity index (χ1n) is 18.1. The summed E-state index contributed by atoms with van der Waals surface area (Å²) in [6.45, 7) is 1.52. The van der Waals surface area contributed by atoms with Crippen LogP contribution < -0.4 is 20.3 Å².